The van der Waals surface area contributed by atoms with Crippen LogP contribution < -0.4 is 10.5 Å². The normalized spacial score (nSPS) is 11.7. The number of aromatic nitrogens is 2. The SMILES string of the molecule is Cc1sc(CN)cc1S(=O)(=O)NCc1cccnn1. The van der Waals surface area contributed by atoms with Crippen LogP contribution in [0.15, 0.2) is 29.3 Å². The number of rotatable bonds is 5. The van der Waals surface area contributed by atoms with E-state index in [9.17, 15) is 8.42 Å². The summed E-state index contributed by atoms with van der Waals surface area (Å²) >= 11 is 1.39. The predicted octanol–water partition coefficient (Wildman–Crippen LogP) is 0.784. The Labute approximate surface area is 115 Å². The van der Waals surface area contributed by atoms with Crippen molar-refractivity contribution in [3.63, 3.8) is 0 Å². The molecule has 2 heterocycles. The number of hydrogen-bond donors (Lipinski definition) is 2. The molecular weight excluding hydrogens is 284 g/mol. The van der Waals surface area contributed by atoms with Gasteiger partial charge in [0.15, 0.2) is 0 Å². The topological polar surface area (TPSA) is 98.0 Å². The van der Waals surface area contributed by atoms with Gasteiger partial charge in [-0.25, -0.2) is 13.1 Å². The summed E-state index contributed by atoms with van der Waals surface area (Å²) in [5.41, 5.74) is 6.08. The minimum Gasteiger partial charge on any atom is -0.326 e. The number of sulfonamides is 1. The zero-order valence-electron chi connectivity index (χ0n) is 10.3. The Morgan fingerprint density at radius 1 is 1.47 bits per heavy atom. The Morgan fingerprint density at radius 2 is 2.26 bits per heavy atom. The minimum absolute atomic E-state index is 0.115. The van der Waals surface area contributed by atoms with Crippen LogP contribution in [0.4, 0.5) is 0 Å². The van der Waals surface area contributed by atoms with E-state index >= 15 is 0 Å². The van der Waals surface area contributed by atoms with E-state index in [1.165, 1.54) is 17.5 Å². The van der Waals surface area contributed by atoms with Crippen LogP contribution >= 0.6 is 11.3 Å². The summed E-state index contributed by atoms with van der Waals surface area (Å²) in [6.07, 6.45) is 1.54. The highest BCUT2D eigenvalue weighted by atomic mass is 32.2. The van der Waals surface area contributed by atoms with Gasteiger partial charge in [-0.3, -0.25) is 0 Å². The van der Waals surface area contributed by atoms with Gasteiger partial charge in [-0.15, -0.1) is 11.3 Å². The molecule has 0 unspecified atom stereocenters. The molecule has 0 atom stereocenters. The second-order valence-electron chi connectivity index (χ2n) is 3.88. The monoisotopic (exact) mass is 298 g/mol. The van der Waals surface area contributed by atoms with Gasteiger partial charge >= 0.3 is 0 Å². The first-order valence-corrected chi connectivity index (χ1v) is 7.88. The molecule has 102 valence electrons. The lowest BCUT2D eigenvalue weighted by atomic mass is 10.4. The van der Waals surface area contributed by atoms with Gasteiger partial charge in [0.05, 0.1) is 17.1 Å². The van der Waals surface area contributed by atoms with E-state index in [1.54, 1.807) is 25.1 Å². The Balaban J connectivity index is 2.16. The van der Waals surface area contributed by atoms with Crippen molar-refractivity contribution in [2.45, 2.75) is 24.9 Å². The molecule has 0 aliphatic rings. The van der Waals surface area contributed by atoms with Crippen LogP contribution in [0.3, 0.4) is 0 Å². The van der Waals surface area contributed by atoms with Crippen LogP contribution in [0.2, 0.25) is 0 Å². The largest absolute Gasteiger partial charge is 0.326 e. The van der Waals surface area contributed by atoms with Crippen molar-refractivity contribution in [3.8, 4) is 0 Å². The first kappa shape index (κ1) is 14.1. The van der Waals surface area contributed by atoms with Crippen LogP contribution in [0.1, 0.15) is 15.4 Å². The molecule has 0 fully saturated rings. The molecule has 6 nitrogen and oxygen atoms in total. The second kappa shape index (κ2) is 5.74. The molecule has 0 spiro atoms. The van der Waals surface area contributed by atoms with Gasteiger partial charge in [0.25, 0.3) is 0 Å². The number of nitrogens with one attached hydrogen (secondary N) is 1. The fourth-order valence-electron chi connectivity index (χ4n) is 1.57. The standard InChI is InChI=1S/C11H14N4O2S2/c1-8-11(5-10(6-12)18-8)19(16,17)14-7-9-3-2-4-13-15-9/h2-5,14H,6-7,12H2,1H3. The average molecular weight is 298 g/mol. The highest BCUT2D eigenvalue weighted by Gasteiger charge is 2.19. The fraction of sp³-hybridized carbons (Fsp3) is 0.273. The number of hydrogen-bond acceptors (Lipinski definition) is 6. The van der Waals surface area contributed by atoms with Crippen LogP contribution in [-0.4, -0.2) is 18.6 Å². The quantitative estimate of drug-likeness (QED) is 0.850. The lowest BCUT2D eigenvalue weighted by Crippen LogP contribution is -2.24. The number of thiophene rings is 1. The van der Waals surface area contributed by atoms with E-state index in [0.717, 1.165) is 9.75 Å². The summed E-state index contributed by atoms with van der Waals surface area (Å²) in [7, 11) is -3.54. The molecule has 0 aliphatic carbocycles. The van der Waals surface area contributed by atoms with Crippen LogP contribution in [0.5, 0.6) is 0 Å². The lowest BCUT2D eigenvalue weighted by molar-refractivity contribution is 0.579. The van der Waals surface area contributed by atoms with Crippen LogP contribution in [0, 0.1) is 6.92 Å². The third-order valence-corrected chi connectivity index (χ3v) is 5.21. The molecule has 2 aromatic rings. The first-order valence-electron chi connectivity index (χ1n) is 5.58. The van der Waals surface area contributed by atoms with Crippen LogP contribution in [0.25, 0.3) is 0 Å². The van der Waals surface area contributed by atoms with E-state index in [-0.39, 0.29) is 11.4 Å². The van der Waals surface area contributed by atoms with E-state index in [0.29, 0.717) is 12.2 Å². The minimum atomic E-state index is -3.54. The maximum absolute atomic E-state index is 12.2. The summed E-state index contributed by atoms with van der Waals surface area (Å²) in [6, 6.07) is 5.03. The van der Waals surface area contributed by atoms with Crippen molar-refractivity contribution in [1.29, 1.82) is 0 Å². The molecule has 0 saturated carbocycles. The third-order valence-electron chi connectivity index (χ3n) is 2.48. The van der Waals surface area contributed by atoms with Crippen molar-refractivity contribution < 1.29 is 8.42 Å². The molecular formula is C11H14N4O2S2. The highest BCUT2D eigenvalue weighted by Crippen LogP contribution is 2.25. The molecule has 19 heavy (non-hydrogen) atoms. The predicted molar refractivity (Wildman–Crippen MR) is 73.0 cm³/mol. The van der Waals surface area contributed by atoms with Gasteiger partial charge in [0, 0.05) is 22.5 Å². The lowest BCUT2D eigenvalue weighted by Gasteiger charge is -2.05. The van der Waals surface area contributed by atoms with Gasteiger partial charge in [-0.05, 0) is 25.1 Å². The van der Waals surface area contributed by atoms with E-state index in [4.69, 9.17) is 5.73 Å². The smallest absolute Gasteiger partial charge is 0.242 e. The summed E-state index contributed by atoms with van der Waals surface area (Å²) in [5.74, 6) is 0. The fourth-order valence-corrected chi connectivity index (χ4v) is 4.08. The van der Waals surface area contributed by atoms with Gasteiger partial charge in [0.1, 0.15) is 0 Å². The summed E-state index contributed by atoms with van der Waals surface area (Å²) in [6.45, 7) is 2.22. The Kier molecular flexibility index (Phi) is 4.25. The molecule has 0 radical (unpaired) electrons. The molecule has 0 aromatic carbocycles. The van der Waals surface area contributed by atoms with Gasteiger partial charge in [-0.2, -0.15) is 10.2 Å². The molecule has 8 heteroatoms. The number of nitrogens with zero attached hydrogens (tertiary/aromatic N) is 2. The molecule has 2 rings (SSSR count). The van der Waals surface area contributed by atoms with Crippen molar-refractivity contribution in [2.75, 3.05) is 0 Å². The van der Waals surface area contributed by atoms with Gasteiger partial charge in [-0.1, -0.05) is 0 Å². The maximum Gasteiger partial charge on any atom is 0.242 e. The number of nitrogens with two attached hydrogens (primary N) is 1. The van der Waals surface area contributed by atoms with Crippen molar-refractivity contribution in [3.05, 3.63) is 39.8 Å². The zero-order chi connectivity index (χ0) is 13.9. The van der Waals surface area contributed by atoms with Crippen molar-refractivity contribution in [1.82, 2.24) is 14.9 Å². The van der Waals surface area contributed by atoms with E-state index in [2.05, 4.69) is 14.9 Å². The maximum atomic E-state index is 12.2. The molecule has 0 aliphatic heterocycles. The Morgan fingerprint density at radius 3 is 2.84 bits per heavy atom. The highest BCUT2D eigenvalue weighted by molar-refractivity contribution is 7.89. The number of aryl methyl sites for hydroxylation is 1. The summed E-state index contributed by atoms with van der Waals surface area (Å²) in [5, 5.41) is 7.52. The first-order chi connectivity index (χ1) is 9.03. The Hall–Kier alpha value is -1.35. The zero-order valence-corrected chi connectivity index (χ0v) is 12.0. The molecule has 0 amide bonds. The second-order valence-corrected chi connectivity index (χ2v) is 6.95. The third kappa shape index (κ3) is 3.35. The summed E-state index contributed by atoms with van der Waals surface area (Å²) < 4.78 is 26.8. The van der Waals surface area contributed by atoms with E-state index < -0.39 is 10.0 Å². The Bertz CT molecular complexity index is 653. The molecule has 2 aromatic heterocycles. The molecule has 3 N–H and O–H groups in total. The van der Waals surface area contributed by atoms with Crippen molar-refractivity contribution in [2.24, 2.45) is 5.73 Å². The van der Waals surface area contributed by atoms with Gasteiger partial charge < -0.3 is 5.73 Å². The van der Waals surface area contributed by atoms with Crippen molar-refractivity contribution >= 4 is 21.4 Å². The summed E-state index contributed by atoms with van der Waals surface area (Å²) in [4.78, 5) is 1.85. The molecule has 0 bridgehead atoms. The van der Waals surface area contributed by atoms with Crippen LogP contribution in [-0.2, 0) is 23.1 Å². The van der Waals surface area contributed by atoms with E-state index in [1.807, 2.05) is 0 Å². The average Bonchev–Trinajstić information content (AvgIpc) is 2.80. The van der Waals surface area contributed by atoms with Gasteiger partial charge in [0.2, 0.25) is 10.0 Å². The molecule has 0 saturated heterocycles.